The van der Waals surface area contributed by atoms with Crippen molar-refractivity contribution in [2.45, 2.75) is 12.3 Å². The standard InChI is InChI=1S/C23H17ClN2O2/c24-16-9-5-14(6-10-16)18-13-19(18)22(27)25-17-11-7-15(8-12-17)23-26-20-3-1-2-4-21(20)28-23/h1-12,18-19H,13H2,(H,25,27). The highest BCUT2D eigenvalue weighted by Crippen LogP contribution is 2.48. The lowest BCUT2D eigenvalue weighted by atomic mass is 10.1. The molecular formula is C23H17ClN2O2. The number of fused-ring (bicyclic) bond motifs is 1. The van der Waals surface area contributed by atoms with Gasteiger partial charge in [0, 0.05) is 22.2 Å². The molecule has 2 unspecified atom stereocenters. The van der Waals surface area contributed by atoms with Gasteiger partial charge in [-0.1, -0.05) is 35.9 Å². The minimum atomic E-state index is 0.0119. The fourth-order valence-corrected chi connectivity index (χ4v) is 3.62. The zero-order valence-electron chi connectivity index (χ0n) is 14.9. The van der Waals surface area contributed by atoms with Gasteiger partial charge in [0.05, 0.1) is 0 Å². The van der Waals surface area contributed by atoms with Crippen LogP contribution in [-0.2, 0) is 4.79 Å². The van der Waals surface area contributed by atoms with Crippen LogP contribution >= 0.6 is 11.6 Å². The molecule has 138 valence electrons. The summed E-state index contributed by atoms with van der Waals surface area (Å²) in [7, 11) is 0. The van der Waals surface area contributed by atoms with Crippen LogP contribution in [0.25, 0.3) is 22.6 Å². The lowest BCUT2D eigenvalue weighted by molar-refractivity contribution is -0.117. The fraction of sp³-hybridized carbons (Fsp3) is 0.130. The van der Waals surface area contributed by atoms with Gasteiger partial charge in [0.15, 0.2) is 5.58 Å². The molecule has 0 bridgehead atoms. The Kier molecular flexibility index (Phi) is 4.14. The van der Waals surface area contributed by atoms with E-state index in [1.54, 1.807) is 0 Å². The highest BCUT2D eigenvalue weighted by atomic mass is 35.5. The summed E-state index contributed by atoms with van der Waals surface area (Å²) in [5.41, 5.74) is 4.40. The Morgan fingerprint density at radius 3 is 2.50 bits per heavy atom. The maximum atomic E-state index is 12.5. The molecule has 1 aliphatic carbocycles. The predicted octanol–water partition coefficient (Wildman–Crippen LogP) is 5.89. The summed E-state index contributed by atoms with van der Waals surface area (Å²) in [6, 6.07) is 23.0. The van der Waals surface area contributed by atoms with Crippen molar-refractivity contribution in [1.29, 1.82) is 0 Å². The van der Waals surface area contributed by atoms with E-state index in [1.807, 2.05) is 72.8 Å². The van der Waals surface area contributed by atoms with Crippen molar-refractivity contribution < 1.29 is 9.21 Å². The van der Waals surface area contributed by atoms with E-state index in [4.69, 9.17) is 16.0 Å². The summed E-state index contributed by atoms with van der Waals surface area (Å²) < 4.78 is 5.79. The first kappa shape index (κ1) is 17.0. The Morgan fingerprint density at radius 2 is 1.75 bits per heavy atom. The first-order chi connectivity index (χ1) is 13.7. The third kappa shape index (κ3) is 3.27. The third-order valence-electron chi connectivity index (χ3n) is 5.12. The summed E-state index contributed by atoms with van der Waals surface area (Å²) in [4.78, 5) is 17.0. The topological polar surface area (TPSA) is 55.1 Å². The van der Waals surface area contributed by atoms with E-state index in [0.717, 1.165) is 34.3 Å². The SMILES string of the molecule is O=C(Nc1ccc(-c2nc3ccccc3o2)cc1)C1CC1c1ccc(Cl)cc1. The van der Waals surface area contributed by atoms with Crippen molar-refractivity contribution in [3.05, 3.63) is 83.4 Å². The molecule has 1 amide bonds. The van der Waals surface area contributed by atoms with Gasteiger partial charge in [0.25, 0.3) is 0 Å². The Balaban J connectivity index is 1.26. The second-order valence-electron chi connectivity index (χ2n) is 7.05. The summed E-state index contributed by atoms with van der Waals surface area (Å²) in [6.45, 7) is 0. The Labute approximate surface area is 167 Å². The number of anilines is 1. The average molecular weight is 389 g/mol. The van der Waals surface area contributed by atoms with Crippen molar-refractivity contribution in [1.82, 2.24) is 4.98 Å². The van der Waals surface area contributed by atoms with Crippen molar-refractivity contribution in [3.63, 3.8) is 0 Å². The summed E-state index contributed by atoms with van der Waals surface area (Å²) in [5, 5.41) is 3.72. The molecule has 1 aliphatic rings. The largest absolute Gasteiger partial charge is 0.436 e. The predicted molar refractivity (Wildman–Crippen MR) is 110 cm³/mol. The molecule has 3 aromatic carbocycles. The van der Waals surface area contributed by atoms with Gasteiger partial charge >= 0.3 is 0 Å². The number of oxazole rings is 1. The average Bonchev–Trinajstić information content (AvgIpc) is 3.40. The second-order valence-corrected chi connectivity index (χ2v) is 7.49. The molecule has 4 nitrogen and oxygen atoms in total. The molecule has 0 radical (unpaired) electrons. The zero-order chi connectivity index (χ0) is 19.1. The Morgan fingerprint density at radius 1 is 1.00 bits per heavy atom. The second kappa shape index (κ2) is 6.80. The van der Waals surface area contributed by atoms with Gasteiger partial charge in [0.2, 0.25) is 11.8 Å². The van der Waals surface area contributed by atoms with Gasteiger partial charge in [-0.2, -0.15) is 0 Å². The van der Waals surface area contributed by atoms with Crippen LogP contribution in [-0.4, -0.2) is 10.9 Å². The first-order valence-electron chi connectivity index (χ1n) is 9.20. The molecule has 5 rings (SSSR count). The lowest BCUT2D eigenvalue weighted by Crippen LogP contribution is -2.14. The van der Waals surface area contributed by atoms with Crippen molar-refractivity contribution in [2.75, 3.05) is 5.32 Å². The lowest BCUT2D eigenvalue weighted by Gasteiger charge is -2.06. The third-order valence-corrected chi connectivity index (χ3v) is 5.37. The maximum absolute atomic E-state index is 12.5. The normalized spacial score (nSPS) is 18.2. The molecule has 2 atom stereocenters. The molecule has 0 saturated heterocycles. The molecule has 0 aliphatic heterocycles. The minimum absolute atomic E-state index is 0.0119. The molecule has 1 fully saturated rings. The van der Waals surface area contributed by atoms with Crippen molar-refractivity contribution in [2.24, 2.45) is 5.92 Å². The number of hydrogen-bond acceptors (Lipinski definition) is 3. The number of aromatic nitrogens is 1. The van der Waals surface area contributed by atoms with Gasteiger partial charge < -0.3 is 9.73 Å². The zero-order valence-corrected chi connectivity index (χ0v) is 15.7. The monoisotopic (exact) mass is 388 g/mol. The van der Waals surface area contributed by atoms with E-state index in [-0.39, 0.29) is 17.7 Å². The molecule has 1 heterocycles. The maximum Gasteiger partial charge on any atom is 0.228 e. The van der Waals surface area contributed by atoms with E-state index in [1.165, 1.54) is 0 Å². The van der Waals surface area contributed by atoms with Crippen LogP contribution in [0.2, 0.25) is 5.02 Å². The van der Waals surface area contributed by atoms with E-state index in [9.17, 15) is 4.79 Å². The molecule has 1 saturated carbocycles. The molecule has 0 spiro atoms. The van der Waals surface area contributed by atoms with E-state index < -0.39 is 0 Å². The molecule has 4 aromatic rings. The van der Waals surface area contributed by atoms with Gasteiger partial charge in [-0.3, -0.25) is 4.79 Å². The van der Waals surface area contributed by atoms with E-state index >= 15 is 0 Å². The van der Waals surface area contributed by atoms with Crippen LogP contribution in [0.4, 0.5) is 5.69 Å². The van der Waals surface area contributed by atoms with E-state index in [2.05, 4.69) is 10.3 Å². The fourth-order valence-electron chi connectivity index (χ4n) is 3.49. The van der Waals surface area contributed by atoms with E-state index in [0.29, 0.717) is 10.9 Å². The molecular weight excluding hydrogens is 372 g/mol. The molecule has 5 heteroatoms. The van der Waals surface area contributed by atoms with Gasteiger partial charge in [-0.15, -0.1) is 0 Å². The highest BCUT2D eigenvalue weighted by molar-refractivity contribution is 6.30. The number of nitrogens with zero attached hydrogens (tertiary/aromatic N) is 1. The van der Waals surface area contributed by atoms with Gasteiger partial charge in [0.1, 0.15) is 5.52 Å². The minimum Gasteiger partial charge on any atom is -0.436 e. The number of para-hydroxylation sites is 2. The van der Waals surface area contributed by atoms with Crippen LogP contribution in [0.1, 0.15) is 17.9 Å². The summed E-state index contributed by atoms with van der Waals surface area (Å²) >= 11 is 5.93. The van der Waals surface area contributed by atoms with Crippen LogP contribution in [0.15, 0.2) is 77.2 Å². The van der Waals surface area contributed by atoms with Crippen molar-refractivity contribution >= 4 is 34.3 Å². The summed E-state index contributed by atoms with van der Waals surface area (Å²) in [6.07, 6.45) is 0.869. The number of carbonyl (C=O) groups excluding carboxylic acids is 1. The van der Waals surface area contributed by atoms with Crippen LogP contribution in [0.3, 0.4) is 0 Å². The quantitative estimate of drug-likeness (QED) is 0.474. The number of halogens is 1. The highest BCUT2D eigenvalue weighted by Gasteiger charge is 2.43. The van der Waals surface area contributed by atoms with Crippen LogP contribution in [0, 0.1) is 5.92 Å². The number of carbonyl (C=O) groups is 1. The smallest absolute Gasteiger partial charge is 0.228 e. The number of hydrogen-bond donors (Lipinski definition) is 1. The summed E-state index contributed by atoms with van der Waals surface area (Å²) in [5.74, 6) is 0.910. The molecule has 28 heavy (non-hydrogen) atoms. The van der Waals surface area contributed by atoms with Crippen LogP contribution in [0.5, 0.6) is 0 Å². The first-order valence-corrected chi connectivity index (χ1v) is 9.57. The van der Waals surface area contributed by atoms with Gasteiger partial charge in [-0.25, -0.2) is 4.98 Å². The number of amides is 1. The van der Waals surface area contributed by atoms with Gasteiger partial charge in [-0.05, 0) is 66.4 Å². The van der Waals surface area contributed by atoms with Crippen molar-refractivity contribution in [3.8, 4) is 11.5 Å². The number of nitrogens with one attached hydrogen (secondary N) is 1. The molecule has 1 aromatic heterocycles. The van der Waals surface area contributed by atoms with Crippen LogP contribution < -0.4 is 5.32 Å². The Hall–Kier alpha value is -3.11. The Bertz CT molecular complexity index is 1120. The number of benzene rings is 3. The molecule has 1 N–H and O–H groups in total. The number of rotatable bonds is 4.